The van der Waals surface area contributed by atoms with Crippen LogP contribution in [-0.4, -0.2) is 4.98 Å². The van der Waals surface area contributed by atoms with E-state index >= 15 is 0 Å². The normalized spacial score (nSPS) is 10.9. The van der Waals surface area contributed by atoms with E-state index in [9.17, 15) is 4.39 Å². The zero-order valence-corrected chi connectivity index (χ0v) is 12.5. The molecule has 0 radical (unpaired) electrons. The summed E-state index contributed by atoms with van der Waals surface area (Å²) < 4.78 is 14.9. The molecule has 0 saturated heterocycles. The molecule has 2 nitrogen and oxygen atoms in total. The standard InChI is InChI=1S/C14H10BrFN2S/c1-8-3-2-4-12-13(8)18-14(19-12)17-11-6-5-9(16)7-10(11)15/h2-7H,1H3,(H,17,18). The van der Waals surface area contributed by atoms with Crippen molar-refractivity contribution in [1.29, 1.82) is 0 Å². The largest absolute Gasteiger partial charge is 0.331 e. The summed E-state index contributed by atoms with van der Waals surface area (Å²) in [5.41, 5.74) is 2.96. The Bertz CT molecular complexity index is 754. The van der Waals surface area contributed by atoms with Crippen molar-refractivity contribution in [2.24, 2.45) is 0 Å². The van der Waals surface area contributed by atoms with Crippen LogP contribution in [0.15, 0.2) is 40.9 Å². The van der Waals surface area contributed by atoms with Gasteiger partial charge >= 0.3 is 0 Å². The topological polar surface area (TPSA) is 24.9 Å². The quantitative estimate of drug-likeness (QED) is 0.691. The molecule has 1 N–H and O–H groups in total. The molecule has 3 aromatic rings. The number of benzene rings is 2. The Balaban J connectivity index is 1.99. The molecule has 3 rings (SSSR count). The number of rotatable bonds is 2. The number of thiazole rings is 1. The SMILES string of the molecule is Cc1cccc2sc(Nc3ccc(F)cc3Br)nc12. The lowest BCUT2D eigenvalue weighted by Crippen LogP contribution is -1.91. The molecule has 0 fully saturated rings. The number of hydrogen-bond donors (Lipinski definition) is 1. The Labute approximate surface area is 122 Å². The lowest BCUT2D eigenvalue weighted by atomic mass is 10.2. The molecule has 5 heteroatoms. The van der Waals surface area contributed by atoms with Crippen LogP contribution in [0.1, 0.15) is 5.56 Å². The van der Waals surface area contributed by atoms with Gasteiger partial charge in [-0.15, -0.1) is 0 Å². The predicted molar refractivity (Wildman–Crippen MR) is 81.7 cm³/mol. The smallest absolute Gasteiger partial charge is 0.188 e. The maximum atomic E-state index is 13.0. The van der Waals surface area contributed by atoms with Gasteiger partial charge in [-0.25, -0.2) is 9.37 Å². The molecule has 0 aliphatic carbocycles. The highest BCUT2D eigenvalue weighted by Crippen LogP contribution is 2.32. The van der Waals surface area contributed by atoms with E-state index in [0.29, 0.717) is 4.47 Å². The van der Waals surface area contributed by atoms with Crippen molar-refractivity contribution in [2.45, 2.75) is 6.92 Å². The molecule has 1 aromatic heterocycles. The molecule has 0 aliphatic heterocycles. The van der Waals surface area contributed by atoms with Crippen molar-refractivity contribution in [3.8, 4) is 0 Å². The fraction of sp³-hybridized carbons (Fsp3) is 0.0714. The van der Waals surface area contributed by atoms with Crippen LogP contribution < -0.4 is 5.32 Å². The summed E-state index contributed by atoms with van der Waals surface area (Å²) in [6, 6.07) is 10.7. The van der Waals surface area contributed by atoms with E-state index in [-0.39, 0.29) is 5.82 Å². The molecule has 1 heterocycles. The van der Waals surface area contributed by atoms with Gasteiger partial charge in [0.1, 0.15) is 5.82 Å². The van der Waals surface area contributed by atoms with Crippen molar-refractivity contribution in [3.63, 3.8) is 0 Å². The summed E-state index contributed by atoms with van der Waals surface area (Å²) in [6.45, 7) is 2.04. The summed E-state index contributed by atoms with van der Waals surface area (Å²) in [4.78, 5) is 4.56. The first kappa shape index (κ1) is 12.6. The van der Waals surface area contributed by atoms with Crippen LogP contribution in [0.3, 0.4) is 0 Å². The highest BCUT2D eigenvalue weighted by Gasteiger charge is 2.08. The Kier molecular flexibility index (Phi) is 3.24. The number of fused-ring (bicyclic) bond motifs is 1. The van der Waals surface area contributed by atoms with Crippen LogP contribution in [0, 0.1) is 12.7 Å². The molecule has 0 saturated carbocycles. The van der Waals surface area contributed by atoms with E-state index in [1.54, 1.807) is 17.4 Å². The Hall–Kier alpha value is -1.46. The van der Waals surface area contributed by atoms with Gasteiger partial charge in [0, 0.05) is 4.47 Å². The van der Waals surface area contributed by atoms with Gasteiger partial charge in [-0.2, -0.15) is 0 Å². The molecule has 96 valence electrons. The van der Waals surface area contributed by atoms with E-state index < -0.39 is 0 Å². The Morgan fingerprint density at radius 1 is 1.26 bits per heavy atom. The van der Waals surface area contributed by atoms with Gasteiger partial charge in [-0.1, -0.05) is 23.5 Å². The molecule has 0 atom stereocenters. The zero-order valence-electron chi connectivity index (χ0n) is 10.1. The lowest BCUT2D eigenvalue weighted by molar-refractivity contribution is 0.627. The number of hydrogen-bond acceptors (Lipinski definition) is 3. The molecule has 0 aliphatic rings. The molecule has 19 heavy (non-hydrogen) atoms. The highest BCUT2D eigenvalue weighted by atomic mass is 79.9. The van der Waals surface area contributed by atoms with Gasteiger partial charge in [0.2, 0.25) is 0 Å². The third kappa shape index (κ3) is 2.48. The maximum Gasteiger partial charge on any atom is 0.188 e. The second-order valence-corrected chi connectivity index (χ2v) is 6.07. The summed E-state index contributed by atoms with van der Waals surface area (Å²) in [6.07, 6.45) is 0. The molecule has 0 amide bonds. The average Bonchev–Trinajstić information content (AvgIpc) is 2.77. The summed E-state index contributed by atoms with van der Waals surface area (Å²) in [5, 5.41) is 4.01. The van der Waals surface area contributed by atoms with Gasteiger partial charge in [0.25, 0.3) is 0 Å². The first-order chi connectivity index (χ1) is 9.13. The van der Waals surface area contributed by atoms with E-state index in [1.165, 1.54) is 12.1 Å². The highest BCUT2D eigenvalue weighted by molar-refractivity contribution is 9.10. The number of anilines is 2. The number of halogens is 2. The van der Waals surface area contributed by atoms with Crippen LogP contribution in [0.25, 0.3) is 10.2 Å². The van der Waals surface area contributed by atoms with Gasteiger partial charge in [0.15, 0.2) is 5.13 Å². The van der Waals surface area contributed by atoms with Gasteiger partial charge < -0.3 is 5.32 Å². The van der Waals surface area contributed by atoms with Crippen LogP contribution >= 0.6 is 27.3 Å². The second-order valence-electron chi connectivity index (χ2n) is 4.19. The lowest BCUT2D eigenvalue weighted by Gasteiger charge is -2.04. The third-order valence-electron chi connectivity index (χ3n) is 2.79. The van der Waals surface area contributed by atoms with Crippen molar-refractivity contribution >= 4 is 48.3 Å². The van der Waals surface area contributed by atoms with Crippen LogP contribution in [0.4, 0.5) is 15.2 Å². The maximum absolute atomic E-state index is 13.0. The Morgan fingerprint density at radius 2 is 2.11 bits per heavy atom. The van der Waals surface area contributed by atoms with E-state index in [1.807, 2.05) is 25.1 Å². The summed E-state index contributed by atoms with van der Waals surface area (Å²) in [5.74, 6) is -0.266. The number of aryl methyl sites for hydroxylation is 1. The Morgan fingerprint density at radius 3 is 2.84 bits per heavy atom. The van der Waals surface area contributed by atoms with Crippen molar-refractivity contribution in [1.82, 2.24) is 4.98 Å². The summed E-state index contributed by atoms with van der Waals surface area (Å²) in [7, 11) is 0. The van der Waals surface area contributed by atoms with Gasteiger partial charge in [-0.3, -0.25) is 0 Å². The first-order valence-corrected chi connectivity index (χ1v) is 7.32. The number of para-hydroxylation sites is 1. The number of nitrogens with one attached hydrogen (secondary N) is 1. The summed E-state index contributed by atoms with van der Waals surface area (Å²) >= 11 is 4.92. The third-order valence-corrected chi connectivity index (χ3v) is 4.39. The van der Waals surface area contributed by atoms with Crippen molar-refractivity contribution < 1.29 is 4.39 Å². The molecular formula is C14H10BrFN2S. The predicted octanol–water partition coefficient (Wildman–Crippen LogP) is 5.25. The molecule has 0 bridgehead atoms. The molecular weight excluding hydrogens is 327 g/mol. The molecule has 0 spiro atoms. The molecule has 0 unspecified atom stereocenters. The van der Waals surface area contributed by atoms with E-state index in [0.717, 1.165) is 26.6 Å². The minimum Gasteiger partial charge on any atom is -0.331 e. The zero-order chi connectivity index (χ0) is 13.4. The fourth-order valence-electron chi connectivity index (χ4n) is 1.85. The van der Waals surface area contributed by atoms with Crippen LogP contribution in [0.5, 0.6) is 0 Å². The average molecular weight is 337 g/mol. The number of aromatic nitrogens is 1. The number of nitrogens with zero attached hydrogens (tertiary/aromatic N) is 1. The van der Waals surface area contributed by atoms with Gasteiger partial charge in [-0.05, 0) is 52.7 Å². The van der Waals surface area contributed by atoms with Crippen molar-refractivity contribution in [2.75, 3.05) is 5.32 Å². The first-order valence-electron chi connectivity index (χ1n) is 5.72. The van der Waals surface area contributed by atoms with Crippen molar-refractivity contribution in [3.05, 3.63) is 52.3 Å². The van der Waals surface area contributed by atoms with E-state index in [4.69, 9.17) is 0 Å². The molecule has 2 aromatic carbocycles. The van der Waals surface area contributed by atoms with Crippen LogP contribution in [-0.2, 0) is 0 Å². The van der Waals surface area contributed by atoms with Crippen LogP contribution in [0.2, 0.25) is 0 Å². The minimum atomic E-state index is -0.266. The second kappa shape index (κ2) is 4.90. The van der Waals surface area contributed by atoms with Gasteiger partial charge in [0.05, 0.1) is 15.9 Å². The monoisotopic (exact) mass is 336 g/mol. The minimum absolute atomic E-state index is 0.266. The fourth-order valence-corrected chi connectivity index (χ4v) is 3.25. The van der Waals surface area contributed by atoms with E-state index in [2.05, 4.69) is 26.2 Å².